The van der Waals surface area contributed by atoms with Gasteiger partial charge in [-0.2, -0.15) is 0 Å². The Bertz CT molecular complexity index is 396. The van der Waals surface area contributed by atoms with E-state index in [1.165, 1.54) is 6.33 Å². The summed E-state index contributed by atoms with van der Waals surface area (Å²) in [5.74, 6) is -0.744. The number of nitrogens with zero attached hydrogens (tertiary/aromatic N) is 3. The average molecular weight is 235 g/mol. The summed E-state index contributed by atoms with van der Waals surface area (Å²) in [5, 5.41) is 9.37. The monoisotopic (exact) mass is 235 g/mol. The van der Waals surface area contributed by atoms with E-state index in [2.05, 4.69) is 9.97 Å². The van der Waals surface area contributed by atoms with Gasteiger partial charge in [-0.3, -0.25) is 9.69 Å². The van der Waals surface area contributed by atoms with Gasteiger partial charge in [0.1, 0.15) is 11.9 Å². The molecule has 1 aliphatic rings. The molecule has 0 aliphatic carbocycles. The maximum Gasteiger partial charge on any atom is 0.323 e. The van der Waals surface area contributed by atoms with Crippen LogP contribution >= 0.6 is 0 Å². The van der Waals surface area contributed by atoms with Gasteiger partial charge in [-0.05, 0) is 38.8 Å². The standard InChI is InChI=1S/C12H17N3O2/c1-12(11(16)17)5-2-3-7-15(12)8-10-4-6-13-9-14-10/h4,6,9H,2-3,5,7-8H2,1H3,(H,16,17). The van der Waals surface area contributed by atoms with Crippen LogP contribution in [0.15, 0.2) is 18.6 Å². The van der Waals surface area contributed by atoms with Crippen molar-refractivity contribution < 1.29 is 9.90 Å². The lowest BCUT2D eigenvalue weighted by Crippen LogP contribution is -2.54. The Morgan fingerprint density at radius 3 is 3.06 bits per heavy atom. The number of carbonyl (C=O) groups is 1. The van der Waals surface area contributed by atoms with E-state index >= 15 is 0 Å². The maximum atomic E-state index is 11.4. The summed E-state index contributed by atoms with van der Waals surface area (Å²) < 4.78 is 0. The van der Waals surface area contributed by atoms with Crippen LogP contribution in [0, 0.1) is 0 Å². The fraction of sp³-hybridized carbons (Fsp3) is 0.583. The molecule has 2 rings (SSSR count). The third-order valence-corrected chi connectivity index (χ3v) is 3.50. The lowest BCUT2D eigenvalue weighted by Gasteiger charge is -2.41. The summed E-state index contributed by atoms with van der Waals surface area (Å²) in [6.07, 6.45) is 5.91. The number of aromatic nitrogens is 2. The van der Waals surface area contributed by atoms with Crippen molar-refractivity contribution in [3.05, 3.63) is 24.3 Å². The second-order valence-corrected chi connectivity index (χ2v) is 4.66. The van der Waals surface area contributed by atoms with Crippen LogP contribution in [0.4, 0.5) is 0 Å². The highest BCUT2D eigenvalue weighted by atomic mass is 16.4. The summed E-state index contributed by atoms with van der Waals surface area (Å²) in [5.41, 5.74) is 0.109. The lowest BCUT2D eigenvalue weighted by atomic mass is 9.88. The van der Waals surface area contributed by atoms with Gasteiger partial charge in [0, 0.05) is 12.7 Å². The van der Waals surface area contributed by atoms with Gasteiger partial charge in [0.15, 0.2) is 0 Å². The number of hydrogen-bond acceptors (Lipinski definition) is 4. The summed E-state index contributed by atoms with van der Waals surface area (Å²) >= 11 is 0. The SMILES string of the molecule is CC1(C(=O)O)CCCCN1Cc1ccncn1. The van der Waals surface area contributed by atoms with E-state index in [9.17, 15) is 9.90 Å². The molecular formula is C12H17N3O2. The molecular weight excluding hydrogens is 218 g/mol. The summed E-state index contributed by atoms with van der Waals surface area (Å²) in [4.78, 5) is 21.4. The van der Waals surface area contributed by atoms with Crippen LogP contribution in [0.25, 0.3) is 0 Å². The average Bonchev–Trinajstić information content (AvgIpc) is 2.33. The fourth-order valence-corrected chi connectivity index (χ4v) is 2.28. The smallest absolute Gasteiger partial charge is 0.323 e. The van der Waals surface area contributed by atoms with Gasteiger partial charge in [-0.15, -0.1) is 0 Å². The highest BCUT2D eigenvalue weighted by Crippen LogP contribution is 2.29. The van der Waals surface area contributed by atoms with Crippen molar-refractivity contribution >= 4 is 5.97 Å². The number of carboxylic acids is 1. The molecule has 1 N–H and O–H groups in total. The molecule has 2 heterocycles. The first kappa shape index (κ1) is 12.0. The van der Waals surface area contributed by atoms with E-state index in [0.717, 1.165) is 25.1 Å². The van der Waals surface area contributed by atoms with Crippen molar-refractivity contribution in [2.75, 3.05) is 6.54 Å². The maximum absolute atomic E-state index is 11.4. The normalized spacial score (nSPS) is 25.7. The van der Waals surface area contributed by atoms with Crippen molar-refractivity contribution in [2.24, 2.45) is 0 Å². The number of likely N-dealkylation sites (tertiary alicyclic amines) is 1. The molecule has 1 aliphatic heterocycles. The van der Waals surface area contributed by atoms with Crippen molar-refractivity contribution in [3.8, 4) is 0 Å². The highest BCUT2D eigenvalue weighted by Gasteiger charge is 2.41. The molecule has 5 heteroatoms. The predicted molar refractivity (Wildman–Crippen MR) is 62.3 cm³/mol. The number of carboxylic acid groups (broad SMARTS) is 1. The van der Waals surface area contributed by atoms with Crippen molar-refractivity contribution in [1.82, 2.24) is 14.9 Å². The predicted octanol–water partition coefficient (Wildman–Crippen LogP) is 1.31. The number of piperidine rings is 1. The zero-order valence-corrected chi connectivity index (χ0v) is 9.96. The van der Waals surface area contributed by atoms with Crippen LogP contribution in [0.3, 0.4) is 0 Å². The summed E-state index contributed by atoms with van der Waals surface area (Å²) in [6, 6.07) is 1.83. The van der Waals surface area contributed by atoms with E-state index in [4.69, 9.17) is 0 Å². The Balaban J connectivity index is 2.15. The van der Waals surface area contributed by atoms with E-state index in [1.54, 1.807) is 13.1 Å². The Morgan fingerprint density at radius 2 is 2.41 bits per heavy atom. The van der Waals surface area contributed by atoms with Crippen LogP contribution in [-0.2, 0) is 11.3 Å². The molecule has 5 nitrogen and oxygen atoms in total. The topological polar surface area (TPSA) is 66.3 Å². The van der Waals surface area contributed by atoms with E-state index in [1.807, 2.05) is 11.0 Å². The van der Waals surface area contributed by atoms with Gasteiger partial charge in [-0.25, -0.2) is 9.97 Å². The molecule has 0 bridgehead atoms. The third kappa shape index (κ3) is 2.44. The van der Waals surface area contributed by atoms with Gasteiger partial charge >= 0.3 is 5.97 Å². The van der Waals surface area contributed by atoms with Crippen molar-refractivity contribution in [2.45, 2.75) is 38.3 Å². The van der Waals surface area contributed by atoms with Crippen molar-refractivity contribution in [3.63, 3.8) is 0 Å². The third-order valence-electron chi connectivity index (χ3n) is 3.50. The number of hydrogen-bond donors (Lipinski definition) is 1. The highest BCUT2D eigenvalue weighted by molar-refractivity contribution is 5.78. The van der Waals surface area contributed by atoms with Gasteiger partial charge in [0.2, 0.25) is 0 Å². The molecule has 0 amide bonds. The minimum absolute atomic E-state index is 0.575. The minimum atomic E-state index is -0.761. The van der Waals surface area contributed by atoms with Crippen LogP contribution in [0.1, 0.15) is 31.9 Å². The van der Waals surface area contributed by atoms with Gasteiger partial charge in [0.05, 0.1) is 5.69 Å². The largest absolute Gasteiger partial charge is 0.480 e. The molecule has 0 aromatic carbocycles. The molecule has 1 atom stereocenters. The van der Waals surface area contributed by atoms with Crippen LogP contribution < -0.4 is 0 Å². The van der Waals surface area contributed by atoms with Crippen LogP contribution in [0.2, 0.25) is 0 Å². The minimum Gasteiger partial charge on any atom is -0.480 e. The molecule has 1 aromatic heterocycles. The van der Waals surface area contributed by atoms with E-state index < -0.39 is 11.5 Å². The van der Waals surface area contributed by atoms with E-state index in [0.29, 0.717) is 13.0 Å². The van der Waals surface area contributed by atoms with Gasteiger partial charge in [-0.1, -0.05) is 0 Å². The van der Waals surface area contributed by atoms with Crippen molar-refractivity contribution in [1.29, 1.82) is 0 Å². The molecule has 1 fully saturated rings. The fourth-order valence-electron chi connectivity index (χ4n) is 2.28. The second kappa shape index (κ2) is 4.79. The molecule has 1 unspecified atom stereocenters. The quantitative estimate of drug-likeness (QED) is 0.855. The van der Waals surface area contributed by atoms with Gasteiger partial charge < -0.3 is 5.11 Å². The molecule has 0 radical (unpaired) electrons. The Morgan fingerprint density at radius 1 is 1.59 bits per heavy atom. The van der Waals surface area contributed by atoms with E-state index in [-0.39, 0.29) is 0 Å². The molecule has 0 spiro atoms. The zero-order chi connectivity index (χ0) is 12.3. The van der Waals surface area contributed by atoms with Gasteiger partial charge in [0.25, 0.3) is 0 Å². The molecule has 1 aromatic rings. The molecule has 17 heavy (non-hydrogen) atoms. The Labute approximate surface area is 100 Å². The summed E-state index contributed by atoms with van der Waals surface area (Å²) in [7, 11) is 0. The lowest BCUT2D eigenvalue weighted by molar-refractivity contribution is -0.153. The zero-order valence-electron chi connectivity index (χ0n) is 9.96. The number of aliphatic carboxylic acids is 1. The first-order valence-electron chi connectivity index (χ1n) is 5.86. The van der Waals surface area contributed by atoms with Crippen LogP contribution in [-0.4, -0.2) is 38.0 Å². The van der Waals surface area contributed by atoms with Crippen LogP contribution in [0.5, 0.6) is 0 Å². The first-order valence-corrected chi connectivity index (χ1v) is 5.86. The summed E-state index contributed by atoms with van der Waals surface area (Å²) in [6.45, 7) is 3.19. The molecule has 92 valence electrons. The molecule has 0 saturated carbocycles. The Kier molecular flexibility index (Phi) is 3.38. The number of rotatable bonds is 3. The second-order valence-electron chi connectivity index (χ2n) is 4.66. The first-order chi connectivity index (χ1) is 8.13. The Hall–Kier alpha value is -1.49. The molecule has 1 saturated heterocycles.